The van der Waals surface area contributed by atoms with Crippen molar-refractivity contribution in [3.05, 3.63) is 58.6 Å². The van der Waals surface area contributed by atoms with E-state index in [9.17, 15) is 13.2 Å². The summed E-state index contributed by atoms with van der Waals surface area (Å²) < 4.78 is 37.5. The molecule has 0 bridgehead atoms. The molecule has 1 N–H and O–H groups in total. The summed E-state index contributed by atoms with van der Waals surface area (Å²) >= 11 is 6.18. The molecule has 0 saturated carbocycles. The zero-order valence-corrected chi connectivity index (χ0v) is 11.5. The van der Waals surface area contributed by atoms with Crippen LogP contribution in [0.2, 0.25) is 5.02 Å². The number of alkyl halides is 3. The summed E-state index contributed by atoms with van der Waals surface area (Å²) in [4.78, 5) is 0. The minimum Gasteiger partial charge on any atom is -0.316 e. The molecule has 0 radical (unpaired) electrons. The smallest absolute Gasteiger partial charge is 0.316 e. The Bertz CT molecular complexity index is 591. The summed E-state index contributed by atoms with van der Waals surface area (Å²) in [7, 11) is 1.83. The fourth-order valence-corrected chi connectivity index (χ4v) is 2.26. The minimum atomic E-state index is -4.32. The summed E-state index contributed by atoms with van der Waals surface area (Å²) in [6.07, 6.45) is -4.32. The molecule has 0 aliphatic rings. The van der Waals surface area contributed by atoms with Gasteiger partial charge in [-0.05, 0) is 36.4 Å². The number of halogens is 4. The molecule has 106 valence electrons. The van der Waals surface area contributed by atoms with E-state index in [4.69, 9.17) is 11.6 Å². The maximum atomic E-state index is 12.5. The molecule has 0 amide bonds. The lowest BCUT2D eigenvalue weighted by molar-refractivity contribution is -0.137. The Hall–Kier alpha value is -1.52. The van der Waals surface area contributed by atoms with Gasteiger partial charge in [0.15, 0.2) is 0 Å². The average molecular weight is 300 g/mol. The van der Waals surface area contributed by atoms with Gasteiger partial charge in [-0.25, -0.2) is 0 Å². The summed E-state index contributed by atoms with van der Waals surface area (Å²) in [5.41, 5.74) is 1.75. The van der Waals surface area contributed by atoms with Crippen molar-refractivity contribution in [3.8, 4) is 11.1 Å². The number of hydrogen-bond donors (Lipinski definition) is 1. The van der Waals surface area contributed by atoms with Crippen molar-refractivity contribution in [2.45, 2.75) is 12.7 Å². The SMILES string of the molecule is CNCc1ccc(-c2ccc(C(F)(F)F)cc2)c(Cl)c1. The van der Waals surface area contributed by atoms with Crippen LogP contribution in [0.25, 0.3) is 11.1 Å². The highest BCUT2D eigenvalue weighted by molar-refractivity contribution is 6.33. The molecule has 20 heavy (non-hydrogen) atoms. The average Bonchev–Trinajstić information content (AvgIpc) is 2.38. The Balaban J connectivity index is 2.32. The van der Waals surface area contributed by atoms with Gasteiger partial charge in [-0.2, -0.15) is 13.2 Å². The van der Waals surface area contributed by atoms with Crippen molar-refractivity contribution in [2.24, 2.45) is 0 Å². The van der Waals surface area contributed by atoms with Gasteiger partial charge in [-0.3, -0.25) is 0 Å². The number of benzene rings is 2. The molecule has 0 aliphatic carbocycles. The Labute approximate surface area is 120 Å². The molecule has 1 nitrogen and oxygen atoms in total. The van der Waals surface area contributed by atoms with Crippen molar-refractivity contribution in [1.29, 1.82) is 0 Å². The van der Waals surface area contributed by atoms with Crippen molar-refractivity contribution >= 4 is 11.6 Å². The molecule has 0 atom stereocenters. The van der Waals surface area contributed by atoms with E-state index in [1.165, 1.54) is 12.1 Å². The van der Waals surface area contributed by atoms with Crippen LogP contribution in [0.3, 0.4) is 0 Å². The van der Waals surface area contributed by atoms with Crippen molar-refractivity contribution in [2.75, 3.05) is 7.05 Å². The Morgan fingerprint density at radius 3 is 2.20 bits per heavy atom. The lowest BCUT2D eigenvalue weighted by Gasteiger charge is -2.10. The van der Waals surface area contributed by atoms with Crippen molar-refractivity contribution in [1.82, 2.24) is 5.32 Å². The van der Waals surface area contributed by atoms with E-state index >= 15 is 0 Å². The van der Waals surface area contributed by atoms with Crippen LogP contribution in [-0.2, 0) is 12.7 Å². The zero-order valence-electron chi connectivity index (χ0n) is 10.8. The van der Waals surface area contributed by atoms with Crippen LogP contribution < -0.4 is 5.32 Å². The second kappa shape index (κ2) is 5.85. The largest absolute Gasteiger partial charge is 0.416 e. The Morgan fingerprint density at radius 2 is 1.70 bits per heavy atom. The molecular weight excluding hydrogens is 287 g/mol. The van der Waals surface area contributed by atoms with Crippen LogP contribution in [0.5, 0.6) is 0 Å². The molecule has 0 fully saturated rings. The fourth-order valence-electron chi connectivity index (χ4n) is 1.95. The molecular formula is C15H13ClF3N. The van der Waals surface area contributed by atoms with Gasteiger partial charge < -0.3 is 5.32 Å². The molecule has 0 unspecified atom stereocenters. The van der Waals surface area contributed by atoms with Crippen molar-refractivity contribution < 1.29 is 13.2 Å². The first-order valence-electron chi connectivity index (χ1n) is 6.02. The highest BCUT2D eigenvalue weighted by atomic mass is 35.5. The van der Waals surface area contributed by atoms with E-state index in [2.05, 4.69) is 5.32 Å². The molecule has 0 heterocycles. The van der Waals surface area contributed by atoms with Crippen LogP contribution in [-0.4, -0.2) is 7.05 Å². The van der Waals surface area contributed by atoms with Crippen LogP contribution in [0.1, 0.15) is 11.1 Å². The van der Waals surface area contributed by atoms with Gasteiger partial charge in [-0.15, -0.1) is 0 Å². The third-order valence-corrected chi connectivity index (χ3v) is 3.25. The molecule has 5 heteroatoms. The van der Waals surface area contributed by atoms with E-state index in [1.807, 2.05) is 25.2 Å². The highest BCUT2D eigenvalue weighted by Gasteiger charge is 2.30. The summed E-state index contributed by atoms with van der Waals surface area (Å²) in [6, 6.07) is 10.5. The first kappa shape index (κ1) is 14.9. The van der Waals surface area contributed by atoms with Gasteiger partial charge in [0, 0.05) is 17.1 Å². The monoisotopic (exact) mass is 299 g/mol. The topological polar surface area (TPSA) is 12.0 Å². The van der Waals surface area contributed by atoms with Gasteiger partial charge in [0.1, 0.15) is 0 Å². The van der Waals surface area contributed by atoms with E-state index in [0.717, 1.165) is 23.3 Å². The molecule has 2 rings (SSSR count). The van der Waals surface area contributed by atoms with Gasteiger partial charge in [0.05, 0.1) is 5.56 Å². The second-order valence-electron chi connectivity index (χ2n) is 4.42. The predicted octanol–water partition coefficient (Wildman–Crippen LogP) is 4.75. The molecule has 0 aliphatic heterocycles. The Kier molecular flexibility index (Phi) is 4.35. The van der Waals surface area contributed by atoms with Crippen LogP contribution in [0, 0.1) is 0 Å². The summed E-state index contributed by atoms with van der Waals surface area (Å²) in [5.74, 6) is 0. The maximum Gasteiger partial charge on any atom is 0.416 e. The first-order chi connectivity index (χ1) is 9.41. The number of hydrogen-bond acceptors (Lipinski definition) is 1. The lowest BCUT2D eigenvalue weighted by atomic mass is 10.0. The Morgan fingerprint density at radius 1 is 1.05 bits per heavy atom. The highest BCUT2D eigenvalue weighted by Crippen LogP contribution is 2.33. The van der Waals surface area contributed by atoms with E-state index in [0.29, 0.717) is 17.1 Å². The maximum absolute atomic E-state index is 12.5. The quantitative estimate of drug-likeness (QED) is 0.863. The van der Waals surface area contributed by atoms with Gasteiger partial charge in [0.25, 0.3) is 0 Å². The fraction of sp³-hybridized carbons (Fsp3) is 0.200. The lowest BCUT2D eigenvalue weighted by Crippen LogP contribution is -2.05. The molecule has 0 saturated heterocycles. The van der Waals surface area contributed by atoms with E-state index in [-0.39, 0.29) is 0 Å². The van der Waals surface area contributed by atoms with Crippen LogP contribution >= 0.6 is 11.6 Å². The predicted molar refractivity (Wildman–Crippen MR) is 74.7 cm³/mol. The molecule has 2 aromatic carbocycles. The second-order valence-corrected chi connectivity index (χ2v) is 4.83. The third kappa shape index (κ3) is 3.32. The summed E-state index contributed by atoms with van der Waals surface area (Å²) in [6.45, 7) is 0.688. The van der Waals surface area contributed by atoms with Crippen LogP contribution in [0.15, 0.2) is 42.5 Å². The molecule has 2 aromatic rings. The van der Waals surface area contributed by atoms with Gasteiger partial charge in [0.2, 0.25) is 0 Å². The molecule has 0 aromatic heterocycles. The molecule has 0 spiro atoms. The normalized spacial score (nSPS) is 11.7. The van der Waals surface area contributed by atoms with Crippen LogP contribution in [0.4, 0.5) is 13.2 Å². The number of nitrogens with one attached hydrogen (secondary N) is 1. The third-order valence-electron chi connectivity index (χ3n) is 2.94. The van der Waals surface area contributed by atoms with E-state index in [1.54, 1.807) is 0 Å². The van der Waals surface area contributed by atoms with Gasteiger partial charge >= 0.3 is 6.18 Å². The first-order valence-corrected chi connectivity index (χ1v) is 6.40. The van der Waals surface area contributed by atoms with Crippen molar-refractivity contribution in [3.63, 3.8) is 0 Å². The minimum absolute atomic E-state index is 0.525. The zero-order chi connectivity index (χ0) is 14.8. The summed E-state index contributed by atoms with van der Waals surface area (Å²) in [5, 5.41) is 3.54. The number of rotatable bonds is 3. The van der Waals surface area contributed by atoms with E-state index < -0.39 is 11.7 Å². The van der Waals surface area contributed by atoms with Gasteiger partial charge in [-0.1, -0.05) is 35.9 Å². The standard InChI is InChI=1S/C15H13ClF3N/c1-20-9-10-2-7-13(14(16)8-10)11-3-5-12(6-4-11)15(17,18)19/h2-8,20H,9H2,1H3.